The molecule has 34 heavy (non-hydrogen) atoms. The molecule has 1 fully saturated rings. The van der Waals surface area contributed by atoms with Crippen molar-refractivity contribution >= 4 is 28.6 Å². The fraction of sp³-hybridized carbons (Fsp3) is 0.565. The van der Waals surface area contributed by atoms with Crippen LogP contribution in [0.3, 0.4) is 0 Å². The van der Waals surface area contributed by atoms with Crippen molar-refractivity contribution in [2.45, 2.75) is 59.7 Å². The summed E-state index contributed by atoms with van der Waals surface area (Å²) in [6.07, 6.45) is -1.03. The molecule has 4 rings (SSSR count). The number of anilines is 3. The molecule has 1 aliphatic rings. The van der Waals surface area contributed by atoms with Gasteiger partial charge in [0.15, 0.2) is 5.82 Å². The Morgan fingerprint density at radius 1 is 1.12 bits per heavy atom. The molecule has 0 spiro atoms. The van der Waals surface area contributed by atoms with E-state index in [-0.39, 0.29) is 0 Å². The Hall–Kier alpha value is -2.95. The van der Waals surface area contributed by atoms with Crippen LogP contribution in [0.4, 0.5) is 30.8 Å². The predicted molar refractivity (Wildman–Crippen MR) is 129 cm³/mol. The molecule has 3 aromatic rings. The highest BCUT2D eigenvalue weighted by molar-refractivity contribution is 5.90. The maximum atomic E-state index is 10.8. The summed E-state index contributed by atoms with van der Waals surface area (Å²) in [7, 11) is 0. The maximum Gasteiger partial charge on any atom is 0.388 e. The van der Waals surface area contributed by atoms with E-state index in [1.807, 2.05) is 23.0 Å². The van der Waals surface area contributed by atoms with Crippen LogP contribution in [0.5, 0.6) is 0 Å². The average molecular weight is 479 g/mol. The fourth-order valence-corrected chi connectivity index (χ4v) is 3.56. The molecular weight excluding hydrogens is 445 g/mol. The van der Waals surface area contributed by atoms with Gasteiger partial charge in [0.1, 0.15) is 16.9 Å². The van der Waals surface area contributed by atoms with Gasteiger partial charge in [0.2, 0.25) is 5.95 Å². The first-order valence-corrected chi connectivity index (χ1v) is 11.7. The van der Waals surface area contributed by atoms with Gasteiger partial charge in [0.25, 0.3) is 0 Å². The third-order valence-corrected chi connectivity index (χ3v) is 5.38. The van der Waals surface area contributed by atoms with Crippen LogP contribution in [0, 0.1) is 6.92 Å². The Balaban J connectivity index is 0.000000481. The van der Waals surface area contributed by atoms with E-state index in [9.17, 15) is 13.2 Å². The molecule has 0 radical (unpaired) electrons. The van der Waals surface area contributed by atoms with E-state index in [2.05, 4.69) is 41.3 Å². The molecule has 1 saturated heterocycles. The SMILES string of the molecule is CCC(F)(F)F.CCCn1nc(CC)c2nc(N3CCNCC3)nc(Nc3cc(C)ccn3)c21. The first-order valence-electron chi connectivity index (χ1n) is 11.7. The lowest BCUT2D eigenvalue weighted by molar-refractivity contribution is -0.130. The van der Waals surface area contributed by atoms with E-state index < -0.39 is 12.6 Å². The molecule has 0 aromatic carbocycles. The zero-order valence-corrected chi connectivity index (χ0v) is 20.2. The van der Waals surface area contributed by atoms with Crippen LogP contribution < -0.4 is 15.5 Å². The lowest BCUT2D eigenvalue weighted by Crippen LogP contribution is -2.44. The zero-order chi connectivity index (χ0) is 24.7. The number of hydrogen-bond acceptors (Lipinski definition) is 7. The molecule has 2 N–H and O–H groups in total. The van der Waals surface area contributed by atoms with Gasteiger partial charge in [-0.1, -0.05) is 20.8 Å². The molecule has 0 aliphatic carbocycles. The molecule has 4 heterocycles. The molecule has 0 amide bonds. The Labute approximate surface area is 198 Å². The zero-order valence-electron chi connectivity index (χ0n) is 20.2. The van der Waals surface area contributed by atoms with Crippen molar-refractivity contribution in [1.82, 2.24) is 30.0 Å². The van der Waals surface area contributed by atoms with Gasteiger partial charge in [-0.05, 0) is 37.5 Å². The molecule has 186 valence electrons. The van der Waals surface area contributed by atoms with Gasteiger partial charge >= 0.3 is 6.18 Å². The second kappa shape index (κ2) is 11.5. The predicted octanol–water partition coefficient (Wildman–Crippen LogP) is 4.61. The standard InChI is InChI=1S/C20H28N8.C3H5F3/c1-4-10-28-18-17(15(5-2)26-28)24-20(27-11-8-21-9-12-27)25-19(18)23-16-13-14(3)6-7-22-16;1-2-3(4,5)6/h6-7,13,21H,4-5,8-12H2,1-3H3,(H,22,23,24,25);2H2,1H3. The number of rotatable bonds is 6. The van der Waals surface area contributed by atoms with E-state index in [0.29, 0.717) is 0 Å². The summed E-state index contributed by atoms with van der Waals surface area (Å²) in [5.74, 6) is 2.32. The van der Waals surface area contributed by atoms with E-state index in [1.54, 1.807) is 0 Å². The lowest BCUT2D eigenvalue weighted by Gasteiger charge is -2.27. The van der Waals surface area contributed by atoms with Crippen molar-refractivity contribution in [3.8, 4) is 0 Å². The van der Waals surface area contributed by atoms with Crippen LogP contribution in [-0.2, 0) is 13.0 Å². The minimum Gasteiger partial charge on any atom is -0.338 e. The van der Waals surface area contributed by atoms with Crippen molar-refractivity contribution in [2.24, 2.45) is 0 Å². The Kier molecular flexibility index (Phi) is 8.65. The molecule has 8 nitrogen and oxygen atoms in total. The first kappa shape index (κ1) is 25.7. The third-order valence-electron chi connectivity index (χ3n) is 5.38. The van der Waals surface area contributed by atoms with Crippen LogP contribution in [0.15, 0.2) is 18.3 Å². The Bertz CT molecular complexity index is 1070. The lowest BCUT2D eigenvalue weighted by atomic mass is 10.2. The third kappa shape index (κ3) is 6.55. The summed E-state index contributed by atoms with van der Waals surface area (Å²) in [4.78, 5) is 16.6. The van der Waals surface area contributed by atoms with Gasteiger partial charge in [-0.2, -0.15) is 23.3 Å². The van der Waals surface area contributed by atoms with Gasteiger partial charge in [-0.15, -0.1) is 0 Å². The van der Waals surface area contributed by atoms with Crippen LogP contribution in [0.25, 0.3) is 11.0 Å². The summed E-state index contributed by atoms with van der Waals surface area (Å²) in [6.45, 7) is 12.0. The second-order valence-corrected chi connectivity index (χ2v) is 8.14. The van der Waals surface area contributed by atoms with E-state index in [4.69, 9.17) is 15.1 Å². The average Bonchev–Trinajstić information content (AvgIpc) is 3.18. The number of piperazine rings is 1. The minimum absolute atomic E-state index is 0.729. The topological polar surface area (TPSA) is 83.8 Å². The van der Waals surface area contributed by atoms with Crippen molar-refractivity contribution < 1.29 is 13.2 Å². The van der Waals surface area contributed by atoms with Gasteiger partial charge in [-0.3, -0.25) is 4.68 Å². The van der Waals surface area contributed by atoms with Crippen LogP contribution >= 0.6 is 0 Å². The summed E-state index contributed by atoms with van der Waals surface area (Å²) in [6, 6.07) is 4.02. The summed E-state index contributed by atoms with van der Waals surface area (Å²) in [5, 5.41) is 11.7. The number of nitrogens with one attached hydrogen (secondary N) is 2. The highest BCUT2D eigenvalue weighted by Crippen LogP contribution is 2.29. The fourth-order valence-electron chi connectivity index (χ4n) is 3.56. The van der Waals surface area contributed by atoms with Crippen molar-refractivity contribution in [3.63, 3.8) is 0 Å². The molecule has 0 saturated carbocycles. The molecule has 11 heteroatoms. The number of aromatic nitrogens is 5. The summed E-state index contributed by atoms with van der Waals surface area (Å²) in [5.41, 5.74) is 4.07. The van der Waals surface area contributed by atoms with Crippen LogP contribution in [0.2, 0.25) is 0 Å². The highest BCUT2D eigenvalue weighted by Gasteiger charge is 2.23. The molecule has 0 atom stereocenters. The Morgan fingerprint density at radius 3 is 2.41 bits per heavy atom. The number of pyridine rings is 1. The molecular formula is C23H33F3N8. The number of aryl methyl sites for hydroxylation is 3. The molecule has 1 aliphatic heterocycles. The van der Waals surface area contributed by atoms with Crippen molar-refractivity contribution in [2.75, 3.05) is 36.4 Å². The van der Waals surface area contributed by atoms with E-state index in [0.717, 1.165) is 92.4 Å². The molecule has 3 aromatic heterocycles. The van der Waals surface area contributed by atoms with Crippen LogP contribution in [-0.4, -0.2) is 57.1 Å². The van der Waals surface area contributed by atoms with Gasteiger partial charge in [-0.25, -0.2) is 9.97 Å². The number of fused-ring (bicyclic) bond motifs is 1. The van der Waals surface area contributed by atoms with Crippen LogP contribution in [0.1, 0.15) is 44.9 Å². The summed E-state index contributed by atoms with van der Waals surface area (Å²) < 4.78 is 34.4. The smallest absolute Gasteiger partial charge is 0.338 e. The normalized spacial score (nSPS) is 14.1. The van der Waals surface area contributed by atoms with Gasteiger partial charge < -0.3 is 15.5 Å². The van der Waals surface area contributed by atoms with Crippen molar-refractivity contribution in [3.05, 3.63) is 29.6 Å². The molecule has 0 bridgehead atoms. The van der Waals surface area contributed by atoms with E-state index in [1.165, 1.54) is 0 Å². The number of alkyl halides is 3. The second-order valence-electron chi connectivity index (χ2n) is 8.14. The molecule has 0 unspecified atom stereocenters. The van der Waals surface area contributed by atoms with Crippen molar-refractivity contribution in [1.29, 1.82) is 0 Å². The van der Waals surface area contributed by atoms with Gasteiger partial charge in [0.05, 0.1) is 5.69 Å². The number of halogens is 3. The number of nitrogens with zero attached hydrogens (tertiary/aromatic N) is 6. The minimum atomic E-state index is -3.96. The van der Waals surface area contributed by atoms with E-state index >= 15 is 0 Å². The first-order chi connectivity index (χ1) is 16.3. The Morgan fingerprint density at radius 2 is 1.82 bits per heavy atom. The number of hydrogen-bond donors (Lipinski definition) is 2. The maximum absolute atomic E-state index is 10.8. The highest BCUT2D eigenvalue weighted by atomic mass is 19.4. The van der Waals surface area contributed by atoms with Gasteiger partial charge in [0, 0.05) is 45.3 Å². The quantitative estimate of drug-likeness (QED) is 0.535. The monoisotopic (exact) mass is 478 g/mol. The largest absolute Gasteiger partial charge is 0.388 e. The summed E-state index contributed by atoms with van der Waals surface area (Å²) >= 11 is 0.